The number of rotatable bonds is 2. The van der Waals surface area contributed by atoms with Gasteiger partial charge in [0, 0.05) is 37.9 Å². The van der Waals surface area contributed by atoms with Crippen molar-refractivity contribution < 1.29 is 14.2 Å². The third kappa shape index (κ3) is 1.01. The number of hydrogen-bond donors (Lipinski definition) is 0. The highest BCUT2D eigenvalue weighted by atomic mass is 16.7. The Bertz CT molecular complexity index is 557. The molecule has 0 aromatic heterocycles. The fourth-order valence-electron chi connectivity index (χ4n) is 5.34. The molecule has 0 N–H and O–H groups in total. The first-order valence-corrected chi connectivity index (χ1v) is 7.34. The Morgan fingerprint density at radius 1 is 0.900 bits per heavy atom. The Hall–Kier alpha value is -1.16. The van der Waals surface area contributed by atoms with E-state index >= 15 is 0 Å². The number of methoxy groups -OCH3 is 2. The summed E-state index contributed by atoms with van der Waals surface area (Å²) in [6.07, 6.45) is 4.99. The van der Waals surface area contributed by atoms with E-state index in [-0.39, 0.29) is 12.2 Å². The maximum Gasteiger partial charge on any atom is 0.180 e. The molecule has 0 radical (unpaired) electrons. The van der Waals surface area contributed by atoms with Gasteiger partial charge in [0.1, 0.15) is 0 Å². The van der Waals surface area contributed by atoms with Crippen molar-refractivity contribution in [1.82, 2.24) is 0 Å². The maximum absolute atomic E-state index is 6.32. The van der Waals surface area contributed by atoms with Gasteiger partial charge in [0.2, 0.25) is 0 Å². The van der Waals surface area contributed by atoms with Crippen LogP contribution < -0.4 is 0 Å². The van der Waals surface area contributed by atoms with Gasteiger partial charge in [-0.3, -0.25) is 0 Å². The topological polar surface area (TPSA) is 27.7 Å². The van der Waals surface area contributed by atoms with E-state index in [0.717, 1.165) is 0 Å². The quantitative estimate of drug-likeness (QED) is 0.611. The highest BCUT2D eigenvalue weighted by Crippen LogP contribution is 2.71. The molecule has 6 atom stereocenters. The van der Waals surface area contributed by atoms with E-state index in [1.54, 1.807) is 14.2 Å². The maximum atomic E-state index is 6.32. The second-order valence-electron chi connectivity index (χ2n) is 6.33. The Morgan fingerprint density at radius 3 is 1.85 bits per heavy atom. The van der Waals surface area contributed by atoms with Gasteiger partial charge in [0.25, 0.3) is 0 Å². The molecule has 3 nitrogen and oxygen atoms in total. The van der Waals surface area contributed by atoms with Crippen LogP contribution in [0, 0.1) is 23.7 Å². The molecule has 1 aromatic rings. The number of fused-ring (bicyclic) bond motifs is 12. The molecule has 20 heavy (non-hydrogen) atoms. The van der Waals surface area contributed by atoms with Gasteiger partial charge in [0.15, 0.2) is 5.79 Å². The van der Waals surface area contributed by atoms with Gasteiger partial charge in [-0.15, -0.1) is 0 Å². The van der Waals surface area contributed by atoms with E-state index in [1.165, 1.54) is 11.1 Å². The summed E-state index contributed by atoms with van der Waals surface area (Å²) in [5, 5.41) is 0. The summed E-state index contributed by atoms with van der Waals surface area (Å²) in [6.45, 7) is 0. The van der Waals surface area contributed by atoms with Crippen molar-refractivity contribution in [1.29, 1.82) is 0 Å². The summed E-state index contributed by atoms with van der Waals surface area (Å²) in [5.74, 6) is 1.11. The lowest BCUT2D eigenvalue weighted by Crippen LogP contribution is -2.41. The zero-order valence-corrected chi connectivity index (χ0v) is 11.7. The molecule has 4 aliphatic rings. The molecule has 0 spiro atoms. The van der Waals surface area contributed by atoms with Gasteiger partial charge < -0.3 is 14.2 Å². The summed E-state index contributed by atoms with van der Waals surface area (Å²) in [5.41, 5.74) is 2.75. The van der Waals surface area contributed by atoms with Crippen LogP contribution in [0.2, 0.25) is 0 Å². The molecule has 1 saturated heterocycles. The monoisotopic (exact) mass is 270 g/mol. The van der Waals surface area contributed by atoms with Crippen molar-refractivity contribution in [2.75, 3.05) is 14.2 Å². The van der Waals surface area contributed by atoms with Gasteiger partial charge in [-0.05, 0) is 11.1 Å². The van der Waals surface area contributed by atoms with E-state index in [4.69, 9.17) is 14.2 Å². The molecule has 1 saturated carbocycles. The van der Waals surface area contributed by atoms with Crippen LogP contribution in [-0.2, 0) is 14.2 Å². The van der Waals surface area contributed by atoms with Crippen molar-refractivity contribution in [2.24, 2.45) is 23.7 Å². The van der Waals surface area contributed by atoms with Crippen molar-refractivity contribution in [2.45, 2.75) is 18.0 Å². The summed E-state index contributed by atoms with van der Waals surface area (Å²) in [6, 6.07) is 8.65. The fraction of sp³-hybridized carbons (Fsp3) is 0.529. The van der Waals surface area contributed by atoms with Gasteiger partial charge in [-0.1, -0.05) is 36.4 Å². The lowest BCUT2D eigenvalue weighted by molar-refractivity contribution is -0.240. The highest BCUT2D eigenvalue weighted by molar-refractivity contribution is 5.43. The van der Waals surface area contributed by atoms with Crippen LogP contribution in [0.4, 0.5) is 0 Å². The van der Waals surface area contributed by atoms with Crippen LogP contribution in [0.5, 0.6) is 0 Å². The summed E-state index contributed by atoms with van der Waals surface area (Å²) < 4.78 is 18.0. The van der Waals surface area contributed by atoms with Gasteiger partial charge in [0.05, 0.1) is 12.2 Å². The Labute approximate surface area is 118 Å². The third-order valence-electron chi connectivity index (χ3n) is 5.97. The average molecular weight is 270 g/mol. The SMILES string of the molecule is COC1(OC)[C@H]2C=C[C@H]1[C@H]1[C@H]2[C@H]2O[C@H]1c1ccccc12. The Balaban J connectivity index is 1.66. The van der Waals surface area contributed by atoms with Crippen LogP contribution in [-0.4, -0.2) is 20.0 Å². The molecule has 2 heterocycles. The number of benzene rings is 1. The minimum atomic E-state index is -0.475. The minimum absolute atomic E-state index is 0.214. The predicted molar refractivity (Wildman–Crippen MR) is 72.9 cm³/mol. The van der Waals surface area contributed by atoms with E-state index in [2.05, 4.69) is 36.4 Å². The summed E-state index contributed by atoms with van der Waals surface area (Å²) in [4.78, 5) is 0. The lowest BCUT2D eigenvalue weighted by atomic mass is 9.71. The van der Waals surface area contributed by atoms with Gasteiger partial charge in [-0.2, -0.15) is 0 Å². The summed E-state index contributed by atoms with van der Waals surface area (Å²) >= 11 is 0. The van der Waals surface area contributed by atoms with Gasteiger partial charge >= 0.3 is 0 Å². The van der Waals surface area contributed by atoms with Crippen molar-refractivity contribution in [3.05, 3.63) is 47.5 Å². The average Bonchev–Trinajstić information content (AvgIpc) is 3.22. The molecule has 0 unspecified atom stereocenters. The largest absolute Gasteiger partial charge is 0.365 e. The van der Waals surface area contributed by atoms with Crippen LogP contribution in [0.3, 0.4) is 0 Å². The molecule has 2 fully saturated rings. The van der Waals surface area contributed by atoms with E-state index < -0.39 is 5.79 Å². The normalized spacial score (nSPS) is 44.9. The molecular formula is C17H18O3. The van der Waals surface area contributed by atoms with Crippen LogP contribution in [0.25, 0.3) is 0 Å². The molecule has 5 rings (SSSR count). The molecule has 2 aliphatic carbocycles. The minimum Gasteiger partial charge on any atom is -0.365 e. The molecular weight excluding hydrogens is 252 g/mol. The smallest absolute Gasteiger partial charge is 0.180 e. The van der Waals surface area contributed by atoms with Crippen molar-refractivity contribution in [3.63, 3.8) is 0 Å². The highest BCUT2D eigenvalue weighted by Gasteiger charge is 2.71. The first kappa shape index (κ1) is 11.5. The van der Waals surface area contributed by atoms with Crippen molar-refractivity contribution in [3.8, 4) is 0 Å². The predicted octanol–water partition coefficient (Wildman–Crippen LogP) is 2.85. The molecule has 1 aromatic carbocycles. The first-order chi connectivity index (χ1) is 9.81. The second-order valence-corrected chi connectivity index (χ2v) is 6.33. The Kier molecular flexibility index (Phi) is 2.03. The molecule has 4 bridgehead atoms. The third-order valence-corrected chi connectivity index (χ3v) is 5.97. The zero-order valence-electron chi connectivity index (χ0n) is 11.7. The van der Waals surface area contributed by atoms with E-state index in [0.29, 0.717) is 23.7 Å². The zero-order chi connectivity index (χ0) is 13.5. The Morgan fingerprint density at radius 2 is 1.40 bits per heavy atom. The van der Waals surface area contributed by atoms with E-state index in [9.17, 15) is 0 Å². The van der Waals surface area contributed by atoms with Crippen LogP contribution in [0.1, 0.15) is 23.3 Å². The van der Waals surface area contributed by atoms with Crippen LogP contribution in [0.15, 0.2) is 36.4 Å². The second kappa shape index (κ2) is 3.53. The number of ether oxygens (including phenoxy) is 3. The van der Waals surface area contributed by atoms with Gasteiger partial charge in [-0.25, -0.2) is 0 Å². The van der Waals surface area contributed by atoms with Crippen molar-refractivity contribution >= 4 is 0 Å². The number of hydrogen-bond acceptors (Lipinski definition) is 3. The lowest BCUT2D eigenvalue weighted by Gasteiger charge is -2.33. The standard InChI is InChI=1S/C17H18O3/c1-18-17(19-2)11-7-8-12(17)14-13(11)15-9-5-3-4-6-10(9)16(14)20-15/h3-8,11-16H,1-2H3/t11-,12-,13-,14-,15-,16-/m0/s1. The first-order valence-electron chi connectivity index (χ1n) is 7.34. The van der Waals surface area contributed by atoms with Crippen LogP contribution >= 0.6 is 0 Å². The summed E-state index contributed by atoms with van der Waals surface area (Å²) in [7, 11) is 3.54. The molecule has 104 valence electrons. The molecule has 0 amide bonds. The molecule has 2 aliphatic heterocycles. The van der Waals surface area contributed by atoms with E-state index in [1.807, 2.05) is 0 Å². The molecule has 3 heteroatoms. The fourth-order valence-corrected chi connectivity index (χ4v) is 5.34.